The van der Waals surface area contributed by atoms with Crippen molar-refractivity contribution in [3.05, 3.63) is 90.0 Å². The minimum atomic E-state index is 0.0388. The van der Waals surface area contributed by atoms with Crippen molar-refractivity contribution in [2.75, 3.05) is 6.54 Å². The van der Waals surface area contributed by atoms with Gasteiger partial charge in [0.25, 0.3) is 0 Å². The van der Waals surface area contributed by atoms with E-state index in [1.165, 1.54) is 5.69 Å². The highest BCUT2D eigenvalue weighted by atomic mass is 16.5. The third kappa shape index (κ3) is 3.98. The van der Waals surface area contributed by atoms with Crippen LogP contribution in [0, 0.1) is 0 Å². The highest BCUT2D eigenvalue weighted by Crippen LogP contribution is 2.25. The van der Waals surface area contributed by atoms with Crippen LogP contribution in [0.3, 0.4) is 0 Å². The lowest BCUT2D eigenvalue weighted by molar-refractivity contribution is -0.129. The number of nitrogens with zero attached hydrogens (tertiary/aromatic N) is 3. The maximum absolute atomic E-state index is 12.6. The van der Waals surface area contributed by atoms with Crippen molar-refractivity contribution in [2.45, 2.75) is 26.1 Å². The van der Waals surface area contributed by atoms with E-state index in [9.17, 15) is 4.79 Å². The number of aromatic nitrogens is 2. The number of ether oxygens (including phenoxy) is 1. The Balaban J connectivity index is 1.35. The molecule has 1 atom stereocenters. The molecule has 142 valence electrons. The molecule has 0 saturated carbocycles. The van der Waals surface area contributed by atoms with Gasteiger partial charge in [0.1, 0.15) is 12.4 Å². The van der Waals surface area contributed by atoms with Crippen LogP contribution in [0.15, 0.2) is 73.2 Å². The van der Waals surface area contributed by atoms with Crippen molar-refractivity contribution in [3.8, 4) is 5.75 Å². The van der Waals surface area contributed by atoms with Gasteiger partial charge in [-0.1, -0.05) is 18.2 Å². The van der Waals surface area contributed by atoms with Crippen LogP contribution < -0.4 is 4.74 Å². The van der Waals surface area contributed by atoms with E-state index in [1.807, 2.05) is 53.4 Å². The summed E-state index contributed by atoms with van der Waals surface area (Å²) >= 11 is 0. The van der Waals surface area contributed by atoms with Gasteiger partial charge in [0.2, 0.25) is 5.91 Å². The molecule has 2 aromatic heterocycles. The Morgan fingerprint density at radius 1 is 1.18 bits per heavy atom. The average Bonchev–Trinajstić information content (AvgIpc) is 3.22. The number of carbonyl (C=O) groups is 1. The molecule has 0 spiro atoms. The minimum absolute atomic E-state index is 0.0388. The maximum Gasteiger partial charge on any atom is 0.247 e. The zero-order valence-corrected chi connectivity index (χ0v) is 15.9. The first kappa shape index (κ1) is 18.0. The van der Waals surface area contributed by atoms with E-state index in [0.29, 0.717) is 6.61 Å². The summed E-state index contributed by atoms with van der Waals surface area (Å²) < 4.78 is 7.98. The molecular weight excluding hydrogens is 350 g/mol. The van der Waals surface area contributed by atoms with Crippen molar-refractivity contribution < 1.29 is 9.53 Å². The first-order chi connectivity index (χ1) is 13.7. The largest absolute Gasteiger partial charge is 0.489 e. The van der Waals surface area contributed by atoms with Crippen LogP contribution in [0.25, 0.3) is 6.08 Å². The molecule has 1 aliphatic heterocycles. The summed E-state index contributed by atoms with van der Waals surface area (Å²) in [4.78, 5) is 18.6. The first-order valence-corrected chi connectivity index (χ1v) is 9.46. The Bertz CT molecular complexity index is 961. The third-order valence-corrected chi connectivity index (χ3v) is 5.05. The summed E-state index contributed by atoms with van der Waals surface area (Å²) in [5, 5.41) is 0. The van der Waals surface area contributed by atoms with E-state index in [1.54, 1.807) is 18.5 Å². The molecule has 5 heteroatoms. The SMILES string of the molecule is CC1c2cccn2CCN1C(=O)/C=C/c1ccc(OCc2cccnc2)cc1. The second kappa shape index (κ2) is 8.13. The predicted molar refractivity (Wildman–Crippen MR) is 109 cm³/mol. The zero-order chi connectivity index (χ0) is 19.3. The molecule has 28 heavy (non-hydrogen) atoms. The maximum atomic E-state index is 12.6. The van der Waals surface area contributed by atoms with Crippen LogP contribution in [0.5, 0.6) is 5.75 Å². The molecule has 0 N–H and O–H groups in total. The predicted octanol–water partition coefficient (Wildman–Crippen LogP) is 4.08. The fourth-order valence-corrected chi connectivity index (χ4v) is 3.47. The number of fused-ring (bicyclic) bond motifs is 1. The number of hydrogen-bond donors (Lipinski definition) is 0. The lowest BCUT2D eigenvalue weighted by Crippen LogP contribution is -2.39. The molecule has 5 nitrogen and oxygen atoms in total. The Labute approximate surface area is 164 Å². The second-order valence-electron chi connectivity index (χ2n) is 6.89. The van der Waals surface area contributed by atoms with Crippen LogP contribution in [0.4, 0.5) is 0 Å². The van der Waals surface area contributed by atoms with E-state index in [0.717, 1.165) is 30.0 Å². The van der Waals surface area contributed by atoms with E-state index >= 15 is 0 Å². The smallest absolute Gasteiger partial charge is 0.247 e. The first-order valence-electron chi connectivity index (χ1n) is 9.46. The van der Waals surface area contributed by atoms with Gasteiger partial charge in [-0.25, -0.2) is 0 Å². The van der Waals surface area contributed by atoms with Crippen LogP contribution in [-0.2, 0) is 17.9 Å². The molecule has 1 unspecified atom stereocenters. The molecule has 0 radical (unpaired) electrons. The van der Waals surface area contributed by atoms with Gasteiger partial charge in [-0.2, -0.15) is 0 Å². The number of pyridine rings is 1. The fraction of sp³-hybridized carbons (Fsp3) is 0.217. The van der Waals surface area contributed by atoms with Crippen LogP contribution in [-0.4, -0.2) is 26.9 Å². The van der Waals surface area contributed by atoms with Crippen molar-refractivity contribution in [2.24, 2.45) is 0 Å². The van der Waals surface area contributed by atoms with Gasteiger partial charge in [-0.3, -0.25) is 9.78 Å². The van der Waals surface area contributed by atoms with Gasteiger partial charge < -0.3 is 14.2 Å². The topological polar surface area (TPSA) is 47.4 Å². The molecule has 1 amide bonds. The van der Waals surface area contributed by atoms with Crippen molar-refractivity contribution in [1.29, 1.82) is 0 Å². The van der Waals surface area contributed by atoms with E-state index in [-0.39, 0.29) is 11.9 Å². The summed E-state index contributed by atoms with van der Waals surface area (Å²) in [5.74, 6) is 0.828. The number of amides is 1. The van der Waals surface area contributed by atoms with Crippen LogP contribution in [0.1, 0.15) is 29.8 Å². The molecule has 3 heterocycles. The molecule has 4 rings (SSSR count). The summed E-state index contributed by atoms with van der Waals surface area (Å²) in [6.07, 6.45) is 9.12. The molecule has 3 aromatic rings. The molecule has 1 aromatic carbocycles. The Morgan fingerprint density at radius 3 is 2.82 bits per heavy atom. The normalized spacial score (nSPS) is 16.2. The van der Waals surface area contributed by atoms with E-state index < -0.39 is 0 Å². The van der Waals surface area contributed by atoms with Crippen LogP contribution >= 0.6 is 0 Å². The van der Waals surface area contributed by atoms with Gasteiger partial charge >= 0.3 is 0 Å². The van der Waals surface area contributed by atoms with Gasteiger partial charge in [-0.15, -0.1) is 0 Å². The highest BCUT2D eigenvalue weighted by Gasteiger charge is 2.25. The Morgan fingerprint density at radius 2 is 2.04 bits per heavy atom. The molecule has 1 aliphatic rings. The third-order valence-electron chi connectivity index (χ3n) is 5.05. The quantitative estimate of drug-likeness (QED) is 0.633. The fourth-order valence-electron chi connectivity index (χ4n) is 3.47. The monoisotopic (exact) mass is 373 g/mol. The lowest BCUT2D eigenvalue weighted by atomic mass is 10.1. The van der Waals surface area contributed by atoms with Gasteiger partial charge in [-0.05, 0) is 48.9 Å². The summed E-state index contributed by atoms with van der Waals surface area (Å²) in [6.45, 7) is 4.13. The standard InChI is InChI=1S/C23H23N3O2/c1-18-22-5-3-13-25(22)14-15-26(18)23(27)11-8-19-6-9-21(10-7-19)28-17-20-4-2-12-24-16-20/h2-13,16,18H,14-15,17H2,1H3/b11-8+. The van der Waals surface area contributed by atoms with E-state index in [2.05, 4.69) is 28.7 Å². The number of hydrogen-bond acceptors (Lipinski definition) is 3. The summed E-state index contributed by atoms with van der Waals surface area (Å²) in [5.41, 5.74) is 3.18. The zero-order valence-electron chi connectivity index (χ0n) is 15.9. The average molecular weight is 373 g/mol. The molecule has 0 bridgehead atoms. The van der Waals surface area contributed by atoms with Gasteiger partial charge in [0, 0.05) is 49.0 Å². The Hall–Kier alpha value is -3.34. The Kier molecular flexibility index (Phi) is 5.24. The molecular formula is C23H23N3O2. The minimum Gasteiger partial charge on any atom is -0.489 e. The van der Waals surface area contributed by atoms with Crippen molar-refractivity contribution in [1.82, 2.24) is 14.5 Å². The summed E-state index contributed by atoms with van der Waals surface area (Å²) in [7, 11) is 0. The summed E-state index contributed by atoms with van der Waals surface area (Å²) in [6, 6.07) is 15.8. The molecule has 0 fully saturated rings. The van der Waals surface area contributed by atoms with Gasteiger partial charge in [0.15, 0.2) is 0 Å². The number of benzene rings is 1. The highest BCUT2D eigenvalue weighted by molar-refractivity contribution is 5.92. The van der Waals surface area contributed by atoms with Crippen molar-refractivity contribution >= 4 is 12.0 Å². The second-order valence-corrected chi connectivity index (χ2v) is 6.89. The molecule has 0 aliphatic carbocycles. The number of carbonyl (C=O) groups excluding carboxylic acids is 1. The number of rotatable bonds is 5. The van der Waals surface area contributed by atoms with Gasteiger partial charge in [0.05, 0.1) is 6.04 Å². The van der Waals surface area contributed by atoms with Crippen LogP contribution in [0.2, 0.25) is 0 Å². The van der Waals surface area contributed by atoms with Crippen molar-refractivity contribution in [3.63, 3.8) is 0 Å². The lowest BCUT2D eigenvalue weighted by Gasteiger charge is -2.34. The molecule has 0 saturated heterocycles. The van der Waals surface area contributed by atoms with E-state index in [4.69, 9.17) is 4.74 Å².